The molecular formula is C12H22N2O2S. The topological polar surface area (TPSA) is 64.3 Å². The van der Waals surface area contributed by atoms with Crippen LogP contribution < -0.4 is 11.1 Å². The summed E-state index contributed by atoms with van der Waals surface area (Å²) in [7, 11) is 1.63. The highest BCUT2D eigenvalue weighted by molar-refractivity contribution is 7.80. The van der Waals surface area contributed by atoms with Crippen LogP contribution in [0.1, 0.15) is 33.1 Å². The van der Waals surface area contributed by atoms with Crippen molar-refractivity contribution in [2.24, 2.45) is 17.1 Å². The number of carbonyl (C=O) groups is 1. The summed E-state index contributed by atoms with van der Waals surface area (Å²) >= 11 is 5.03. The number of nitrogens with one attached hydrogen (secondary N) is 1. The van der Waals surface area contributed by atoms with Gasteiger partial charge in [-0.05, 0) is 18.8 Å². The Bertz CT molecular complexity index is 301. The summed E-state index contributed by atoms with van der Waals surface area (Å²) in [5.41, 5.74) is 5.10. The summed E-state index contributed by atoms with van der Waals surface area (Å²) in [6.07, 6.45) is 2.55. The van der Waals surface area contributed by atoms with Crippen molar-refractivity contribution in [1.82, 2.24) is 5.32 Å². The van der Waals surface area contributed by atoms with Crippen molar-refractivity contribution in [3.05, 3.63) is 0 Å². The highest BCUT2D eigenvalue weighted by Gasteiger charge is 2.47. The van der Waals surface area contributed by atoms with Crippen LogP contribution in [0.25, 0.3) is 0 Å². The maximum atomic E-state index is 12.2. The van der Waals surface area contributed by atoms with Crippen LogP contribution in [-0.2, 0) is 9.53 Å². The number of amides is 1. The minimum atomic E-state index is -0.601. The molecule has 3 N–H and O–H groups in total. The minimum absolute atomic E-state index is 0.0133. The first-order valence-corrected chi connectivity index (χ1v) is 6.44. The molecule has 1 fully saturated rings. The van der Waals surface area contributed by atoms with Gasteiger partial charge in [0.2, 0.25) is 5.91 Å². The number of ether oxygens (including phenoxy) is 1. The molecule has 4 nitrogen and oxygen atoms in total. The fraction of sp³-hybridized carbons (Fsp3) is 0.833. The molecule has 0 aromatic rings. The summed E-state index contributed by atoms with van der Waals surface area (Å²) in [6.45, 7) is 4.62. The molecule has 1 aliphatic carbocycles. The number of hydrogen-bond acceptors (Lipinski definition) is 3. The highest BCUT2D eigenvalue weighted by Crippen LogP contribution is 2.41. The van der Waals surface area contributed by atoms with Crippen molar-refractivity contribution in [2.45, 2.75) is 39.2 Å². The van der Waals surface area contributed by atoms with Gasteiger partial charge in [-0.1, -0.05) is 32.5 Å². The molecule has 0 saturated heterocycles. The van der Waals surface area contributed by atoms with Crippen LogP contribution >= 0.6 is 12.2 Å². The zero-order valence-electron chi connectivity index (χ0n) is 10.8. The molecular weight excluding hydrogens is 236 g/mol. The van der Waals surface area contributed by atoms with E-state index in [1.165, 1.54) is 0 Å². The number of methoxy groups -OCH3 is 1. The maximum Gasteiger partial charge on any atom is 0.233 e. The fourth-order valence-electron chi connectivity index (χ4n) is 2.00. The molecule has 1 amide bonds. The monoisotopic (exact) mass is 258 g/mol. The van der Waals surface area contributed by atoms with Gasteiger partial charge in [-0.15, -0.1) is 0 Å². The summed E-state index contributed by atoms with van der Waals surface area (Å²) in [5.74, 6) is 0.286. The van der Waals surface area contributed by atoms with E-state index in [1.807, 2.05) is 0 Å². The molecule has 5 heteroatoms. The highest BCUT2D eigenvalue weighted by atomic mass is 32.1. The Hall–Kier alpha value is -0.680. The zero-order chi connectivity index (χ0) is 13.1. The summed E-state index contributed by atoms with van der Waals surface area (Å²) < 4.78 is 5.11. The molecule has 17 heavy (non-hydrogen) atoms. The molecule has 0 radical (unpaired) electrons. The van der Waals surface area contributed by atoms with Gasteiger partial charge in [-0.3, -0.25) is 4.79 Å². The Labute approximate surface area is 108 Å². The smallest absolute Gasteiger partial charge is 0.233 e. The van der Waals surface area contributed by atoms with Gasteiger partial charge in [0, 0.05) is 7.11 Å². The van der Waals surface area contributed by atoms with E-state index in [-0.39, 0.29) is 11.9 Å². The van der Waals surface area contributed by atoms with E-state index in [0.29, 0.717) is 17.5 Å². The van der Waals surface area contributed by atoms with Crippen LogP contribution in [0.5, 0.6) is 0 Å². The van der Waals surface area contributed by atoms with Gasteiger partial charge in [-0.2, -0.15) is 0 Å². The second-order valence-electron chi connectivity index (χ2n) is 5.08. The Morgan fingerprint density at radius 1 is 1.53 bits per heavy atom. The Balaban J connectivity index is 2.66. The Morgan fingerprint density at radius 3 is 2.41 bits per heavy atom. The maximum absolute atomic E-state index is 12.2. The summed E-state index contributed by atoms with van der Waals surface area (Å²) in [4.78, 5) is 12.6. The van der Waals surface area contributed by atoms with Crippen molar-refractivity contribution >= 4 is 23.1 Å². The molecule has 0 aromatic carbocycles. The SMILES string of the molecule is COCC(NC(=O)C1(C(N)=S)CCC1)C(C)C. The molecule has 0 aliphatic heterocycles. The lowest BCUT2D eigenvalue weighted by atomic mass is 9.68. The number of carbonyl (C=O) groups excluding carboxylic acids is 1. The molecule has 1 unspecified atom stereocenters. The van der Waals surface area contributed by atoms with Crippen LogP contribution in [0.15, 0.2) is 0 Å². The van der Waals surface area contributed by atoms with Gasteiger partial charge in [0.05, 0.1) is 23.1 Å². The molecule has 1 rings (SSSR count). The minimum Gasteiger partial charge on any atom is -0.392 e. The van der Waals surface area contributed by atoms with E-state index in [4.69, 9.17) is 22.7 Å². The lowest BCUT2D eigenvalue weighted by Gasteiger charge is -2.40. The molecule has 0 bridgehead atoms. The van der Waals surface area contributed by atoms with E-state index in [1.54, 1.807) is 7.11 Å². The zero-order valence-corrected chi connectivity index (χ0v) is 11.6. The Morgan fingerprint density at radius 2 is 2.12 bits per heavy atom. The van der Waals surface area contributed by atoms with E-state index in [2.05, 4.69) is 19.2 Å². The number of nitrogens with two attached hydrogens (primary N) is 1. The standard InChI is InChI=1S/C12H22N2O2S/c1-8(2)9(7-16-3)14-11(15)12(10(13)17)5-4-6-12/h8-9H,4-7H2,1-3H3,(H2,13,17)(H,14,15). The van der Waals surface area contributed by atoms with Crippen LogP contribution in [0.2, 0.25) is 0 Å². The van der Waals surface area contributed by atoms with Crippen molar-refractivity contribution in [3.8, 4) is 0 Å². The summed E-state index contributed by atoms with van der Waals surface area (Å²) in [5, 5.41) is 3.01. The predicted octanol–water partition coefficient (Wildman–Crippen LogP) is 1.23. The Kier molecular flexibility index (Phi) is 4.89. The van der Waals surface area contributed by atoms with Crippen LogP contribution in [0.3, 0.4) is 0 Å². The predicted molar refractivity (Wildman–Crippen MR) is 71.7 cm³/mol. The van der Waals surface area contributed by atoms with Gasteiger partial charge in [-0.25, -0.2) is 0 Å². The third-order valence-electron chi connectivity index (χ3n) is 3.58. The molecule has 1 saturated carbocycles. The summed E-state index contributed by atoms with van der Waals surface area (Å²) in [6, 6.07) is 0.0133. The van der Waals surface area contributed by atoms with Gasteiger partial charge < -0.3 is 15.8 Å². The first kappa shape index (κ1) is 14.4. The van der Waals surface area contributed by atoms with Crippen molar-refractivity contribution in [3.63, 3.8) is 0 Å². The van der Waals surface area contributed by atoms with Crippen LogP contribution in [-0.4, -0.2) is 30.7 Å². The molecule has 0 spiro atoms. The normalized spacial score (nSPS) is 19.5. The van der Waals surface area contributed by atoms with Gasteiger partial charge in [0.15, 0.2) is 0 Å². The number of hydrogen-bond donors (Lipinski definition) is 2. The fourth-order valence-corrected chi connectivity index (χ4v) is 2.30. The van der Waals surface area contributed by atoms with Gasteiger partial charge in [0.1, 0.15) is 0 Å². The molecule has 1 atom stereocenters. The first-order valence-electron chi connectivity index (χ1n) is 6.04. The average molecular weight is 258 g/mol. The van der Waals surface area contributed by atoms with E-state index in [9.17, 15) is 4.79 Å². The van der Waals surface area contributed by atoms with Crippen molar-refractivity contribution in [1.29, 1.82) is 0 Å². The largest absolute Gasteiger partial charge is 0.392 e. The lowest BCUT2D eigenvalue weighted by molar-refractivity contribution is -0.132. The quantitative estimate of drug-likeness (QED) is 0.703. The third kappa shape index (κ3) is 2.96. The van der Waals surface area contributed by atoms with Gasteiger partial charge in [0.25, 0.3) is 0 Å². The van der Waals surface area contributed by atoms with Crippen molar-refractivity contribution in [2.75, 3.05) is 13.7 Å². The second kappa shape index (κ2) is 5.78. The number of thiocarbonyl (C=S) groups is 1. The molecule has 0 aromatic heterocycles. The molecule has 0 heterocycles. The molecule has 1 aliphatic rings. The lowest BCUT2D eigenvalue weighted by Crippen LogP contribution is -2.56. The average Bonchev–Trinajstić information content (AvgIpc) is 2.14. The van der Waals surface area contributed by atoms with Gasteiger partial charge >= 0.3 is 0 Å². The van der Waals surface area contributed by atoms with E-state index < -0.39 is 5.41 Å². The number of rotatable bonds is 6. The van der Waals surface area contributed by atoms with E-state index >= 15 is 0 Å². The third-order valence-corrected chi connectivity index (χ3v) is 3.97. The van der Waals surface area contributed by atoms with Crippen LogP contribution in [0, 0.1) is 11.3 Å². The van der Waals surface area contributed by atoms with Crippen molar-refractivity contribution < 1.29 is 9.53 Å². The van der Waals surface area contributed by atoms with E-state index in [0.717, 1.165) is 19.3 Å². The molecule has 98 valence electrons. The van der Waals surface area contributed by atoms with Crippen LogP contribution in [0.4, 0.5) is 0 Å². The second-order valence-corrected chi connectivity index (χ2v) is 5.52. The first-order chi connectivity index (χ1) is 7.94.